The summed E-state index contributed by atoms with van der Waals surface area (Å²) in [6, 6.07) is 6.90. The van der Waals surface area contributed by atoms with Crippen LogP contribution < -0.4 is 21.3 Å². The van der Waals surface area contributed by atoms with E-state index in [1.165, 1.54) is 0 Å². The number of carbonyl (C=O) groups excluding carboxylic acids is 2. The summed E-state index contributed by atoms with van der Waals surface area (Å²) < 4.78 is 5.65. The van der Waals surface area contributed by atoms with E-state index >= 15 is 0 Å². The van der Waals surface area contributed by atoms with Gasteiger partial charge in [-0.05, 0) is 51.0 Å². The van der Waals surface area contributed by atoms with Crippen LogP contribution in [0.4, 0.5) is 16.3 Å². The van der Waals surface area contributed by atoms with Crippen molar-refractivity contribution in [1.82, 2.24) is 20.2 Å². The number of benzene rings is 1. The van der Waals surface area contributed by atoms with Crippen LogP contribution in [0, 0.1) is 0 Å². The number of morpholine rings is 1. The summed E-state index contributed by atoms with van der Waals surface area (Å²) in [6.45, 7) is 9.54. The number of nitrogens with zero attached hydrogens (tertiary/aromatic N) is 4. The van der Waals surface area contributed by atoms with E-state index in [-0.39, 0.29) is 18.0 Å². The number of aromatic nitrogens is 2. The molecule has 2 aromatic rings. The maximum absolute atomic E-state index is 12.8. The maximum atomic E-state index is 12.8. The third-order valence-electron chi connectivity index (χ3n) is 6.49. The quantitative estimate of drug-likeness (QED) is 0.577. The standard InChI is InChI=1S/C25H35N7O3/c1-4-20(26)24(33)31-11-10-19-21(14-31)29-22(30-23(19)32-12-13-35-15-16(32)3)17-6-8-18(9-7-17)28-25(34)27-5-2/h6-9,16,20H,4-5,10-15,26H2,1-3H3,(H2,27,28,34)/t16-,20+/m0/s1. The molecule has 3 heterocycles. The number of ether oxygens (including phenoxy) is 1. The SMILES string of the molecule is CCNC(=O)Nc1ccc(-c2nc3c(c(N4CCOC[C@@H]4C)n2)CCN(C(=O)[C@H](N)CC)C3)cc1. The van der Waals surface area contributed by atoms with Crippen LogP contribution in [0.1, 0.15) is 38.4 Å². The highest BCUT2D eigenvalue weighted by Crippen LogP contribution is 2.32. The molecule has 0 spiro atoms. The molecule has 2 aliphatic heterocycles. The summed E-state index contributed by atoms with van der Waals surface area (Å²) in [5, 5.41) is 5.52. The molecule has 0 unspecified atom stereocenters. The molecule has 1 saturated heterocycles. The van der Waals surface area contributed by atoms with Crippen molar-refractivity contribution in [3.63, 3.8) is 0 Å². The van der Waals surface area contributed by atoms with Gasteiger partial charge in [-0.3, -0.25) is 4.79 Å². The van der Waals surface area contributed by atoms with Gasteiger partial charge in [0.15, 0.2) is 5.82 Å². The molecule has 2 aliphatic rings. The van der Waals surface area contributed by atoms with Crippen LogP contribution >= 0.6 is 0 Å². The highest BCUT2D eigenvalue weighted by Gasteiger charge is 2.31. The van der Waals surface area contributed by atoms with E-state index in [1.54, 1.807) is 4.90 Å². The highest BCUT2D eigenvalue weighted by molar-refractivity contribution is 5.89. The fourth-order valence-corrected chi connectivity index (χ4v) is 4.45. The van der Waals surface area contributed by atoms with E-state index in [2.05, 4.69) is 22.5 Å². The van der Waals surface area contributed by atoms with Crippen LogP contribution in [0.5, 0.6) is 0 Å². The minimum atomic E-state index is -0.499. The van der Waals surface area contributed by atoms with Crippen molar-refractivity contribution in [3.05, 3.63) is 35.5 Å². The molecule has 3 amide bonds. The predicted molar refractivity (Wildman–Crippen MR) is 135 cm³/mol. The third kappa shape index (κ3) is 5.54. The lowest BCUT2D eigenvalue weighted by atomic mass is 10.0. The van der Waals surface area contributed by atoms with Crippen molar-refractivity contribution < 1.29 is 14.3 Å². The largest absolute Gasteiger partial charge is 0.377 e. The van der Waals surface area contributed by atoms with Gasteiger partial charge in [-0.2, -0.15) is 0 Å². The van der Waals surface area contributed by atoms with E-state index in [1.807, 2.05) is 38.1 Å². The van der Waals surface area contributed by atoms with Gasteiger partial charge in [0.1, 0.15) is 5.82 Å². The molecule has 4 N–H and O–H groups in total. The fourth-order valence-electron chi connectivity index (χ4n) is 4.45. The van der Waals surface area contributed by atoms with Gasteiger partial charge in [-0.25, -0.2) is 14.8 Å². The van der Waals surface area contributed by atoms with Gasteiger partial charge >= 0.3 is 6.03 Å². The molecule has 0 radical (unpaired) electrons. The Kier molecular flexibility index (Phi) is 7.82. The number of carbonyl (C=O) groups is 2. The molecule has 188 valence electrons. The predicted octanol–water partition coefficient (Wildman–Crippen LogP) is 2.13. The van der Waals surface area contributed by atoms with Gasteiger partial charge in [0.25, 0.3) is 0 Å². The number of amides is 3. The molecule has 0 saturated carbocycles. The number of fused-ring (bicyclic) bond motifs is 1. The van der Waals surface area contributed by atoms with Crippen LogP contribution in [0.2, 0.25) is 0 Å². The zero-order chi connectivity index (χ0) is 24.9. The molecule has 0 bridgehead atoms. The summed E-state index contributed by atoms with van der Waals surface area (Å²) in [4.78, 5) is 38.6. The van der Waals surface area contributed by atoms with Crippen molar-refractivity contribution in [2.24, 2.45) is 5.73 Å². The van der Waals surface area contributed by atoms with Crippen LogP contribution in [0.15, 0.2) is 24.3 Å². The molecule has 1 aromatic carbocycles. The molecule has 4 rings (SSSR count). The van der Waals surface area contributed by atoms with E-state index in [4.69, 9.17) is 20.4 Å². The smallest absolute Gasteiger partial charge is 0.319 e. The Morgan fingerprint density at radius 1 is 1.20 bits per heavy atom. The molecule has 2 atom stereocenters. The molecule has 1 aromatic heterocycles. The first-order chi connectivity index (χ1) is 16.9. The van der Waals surface area contributed by atoms with Crippen molar-refractivity contribution in [3.8, 4) is 11.4 Å². The average Bonchev–Trinajstić information content (AvgIpc) is 2.87. The first-order valence-corrected chi connectivity index (χ1v) is 12.3. The topological polar surface area (TPSA) is 126 Å². The molecule has 10 nitrogen and oxygen atoms in total. The second-order valence-corrected chi connectivity index (χ2v) is 9.00. The zero-order valence-corrected chi connectivity index (χ0v) is 20.7. The Morgan fingerprint density at radius 2 is 1.97 bits per heavy atom. The van der Waals surface area contributed by atoms with Crippen LogP contribution in [0.25, 0.3) is 11.4 Å². The summed E-state index contributed by atoms with van der Waals surface area (Å²) in [5.41, 5.74) is 9.51. The Bertz CT molecular complexity index is 1060. The molecule has 1 fully saturated rings. The van der Waals surface area contributed by atoms with Gasteiger partial charge in [0.2, 0.25) is 5.91 Å². The number of nitrogens with two attached hydrogens (primary N) is 1. The number of urea groups is 1. The van der Waals surface area contributed by atoms with Gasteiger partial charge in [0, 0.05) is 36.4 Å². The minimum Gasteiger partial charge on any atom is -0.377 e. The Balaban J connectivity index is 1.68. The second kappa shape index (κ2) is 11.0. The second-order valence-electron chi connectivity index (χ2n) is 9.00. The third-order valence-corrected chi connectivity index (χ3v) is 6.49. The fraction of sp³-hybridized carbons (Fsp3) is 0.520. The van der Waals surface area contributed by atoms with E-state index in [0.29, 0.717) is 57.2 Å². The van der Waals surface area contributed by atoms with Crippen molar-refractivity contribution in [1.29, 1.82) is 0 Å². The Hall–Kier alpha value is -3.24. The highest BCUT2D eigenvalue weighted by atomic mass is 16.5. The van der Waals surface area contributed by atoms with Gasteiger partial charge in [-0.15, -0.1) is 0 Å². The lowest BCUT2D eigenvalue weighted by Crippen LogP contribution is -2.47. The van der Waals surface area contributed by atoms with Crippen LogP contribution in [-0.2, 0) is 22.5 Å². The monoisotopic (exact) mass is 481 g/mol. The Morgan fingerprint density at radius 3 is 2.66 bits per heavy atom. The first-order valence-electron chi connectivity index (χ1n) is 12.3. The number of hydrogen-bond acceptors (Lipinski definition) is 7. The number of rotatable bonds is 6. The maximum Gasteiger partial charge on any atom is 0.319 e. The average molecular weight is 482 g/mol. The van der Waals surface area contributed by atoms with E-state index in [9.17, 15) is 9.59 Å². The van der Waals surface area contributed by atoms with E-state index in [0.717, 1.165) is 29.2 Å². The van der Waals surface area contributed by atoms with Crippen molar-refractivity contribution >= 4 is 23.4 Å². The lowest BCUT2D eigenvalue weighted by molar-refractivity contribution is -0.133. The van der Waals surface area contributed by atoms with Gasteiger partial charge in [0.05, 0.1) is 37.5 Å². The Labute approximate surface area is 206 Å². The van der Waals surface area contributed by atoms with Crippen LogP contribution in [-0.4, -0.2) is 71.7 Å². The number of anilines is 2. The summed E-state index contributed by atoms with van der Waals surface area (Å²) in [5.74, 6) is 1.47. The van der Waals surface area contributed by atoms with Crippen molar-refractivity contribution in [2.45, 2.75) is 52.2 Å². The zero-order valence-electron chi connectivity index (χ0n) is 20.7. The first kappa shape index (κ1) is 24.9. The minimum absolute atomic E-state index is 0.0413. The van der Waals surface area contributed by atoms with Crippen LogP contribution in [0.3, 0.4) is 0 Å². The van der Waals surface area contributed by atoms with Gasteiger partial charge in [-0.1, -0.05) is 6.92 Å². The lowest BCUT2D eigenvalue weighted by Gasteiger charge is -2.38. The number of hydrogen-bond donors (Lipinski definition) is 3. The van der Waals surface area contributed by atoms with Gasteiger partial charge < -0.3 is 30.9 Å². The molecular weight excluding hydrogens is 446 g/mol. The normalized spacial score (nSPS) is 18.6. The molecular formula is C25H35N7O3. The van der Waals surface area contributed by atoms with E-state index < -0.39 is 6.04 Å². The molecule has 35 heavy (non-hydrogen) atoms. The summed E-state index contributed by atoms with van der Waals surface area (Å²) >= 11 is 0. The number of nitrogens with one attached hydrogen (secondary N) is 2. The molecule has 10 heteroatoms. The molecule has 0 aliphatic carbocycles. The summed E-state index contributed by atoms with van der Waals surface area (Å²) in [7, 11) is 0. The summed E-state index contributed by atoms with van der Waals surface area (Å²) in [6.07, 6.45) is 1.29. The van der Waals surface area contributed by atoms with Crippen molar-refractivity contribution in [2.75, 3.05) is 43.1 Å².